The van der Waals surface area contributed by atoms with Crippen molar-refractivity contribution < 1.29 is 29.7 Å². The predicted molar refractivity (Wildman–Crippen MR) is 130 cm³/mol. The van der Waals surface area contributed by atoms with Crippen molar-refractivity contribution in [1.82, 2.24) is 0 Å². The van der Waals surface area contributed by atoms with Crippen LogP contribution >= 0.6 is 0 Å². The van der Waals surface area contributed by atoms with Crippen molar-refractivity contribution in [3.63, 3.8) is 0 Å². The largest absolute Gasteiger partial charge is 0.510 e. The molecule has 0 radical (unpaired) electrons. The molecule has 6 nitrogen and oxygen atoms in total. The normalized spacial score (nSPS) is 37.0. The van der Waals surface area contributed by atoms with E-state index in [1.807, 2.05) is 39.8 Å². The first-order valence-corrected chi connectivity index (χ1v) is 12.3. The zero-order valence-electron chi connectivity index (χ0n) is 21.6. The molecule has 5 atom stereocenters. The highest BCUT2D eigenvalue weighted by Crippen LogP contribution is 2.63. The molecule has 0 aromatic rings. The summed E-state index contributed by atoms with van der Waals surface area (Å²) in [4.78, 5) is 41.1. The van der Waals surface area contributed by atoms with Crippen LogP contribution in [0.1, 0.15) is 87.0 Å². The van der Waals surface area contributed by atoms with E-state index in [2.05, 4.69) is 0 Å². The smallest absolute Gasteiger partial charge is 0.184 e. The lowest BCUT2D eigenvalue weighted by Crippen LogP contribution is -2.62. The molecule has 0 unspecified atom stereocenters. The second kappa shape index (κ2) is 8.56. The monoisotopic (exact) mass is 472 g/mol. The van der Waals surface area contributed by atoms with E-state index in [0.29, 0.717) is 12.8 Å². The second-order valence-corrected chi connectivity index (χ2v) is 11.9. The molecular weight excluding hydrogens is 432 g/mol. The van der Waals surface area contributed by atoms with Crippen molar-refractivity contribution >= 4 is 17.3 Å². The summed E-state index contributed by atoms with van der Waals surface area (Å²) in [5.74, 6) is -2.91. The average Bonchev–Trinajstić information content (AvgIpc) is 3.01. The van der Waals surface area contributed by atoms with Gasteiger partial charge >= 0.3 is 0 Å². The van der Waals surface area contributed by atoms with Gasteiger partial charge in [0.1, 0.15) is 11.2 Å². The van der Waals surface area contributed by atoms with Crippen LogP contribution in [0.2, 0.25) is 0 Å². The Kier molecular flexibility index (Phi) is 6.68. The molecule has 2 saturated carbocycles. The lowest BCUT2D eigenvalue weighted by atomic mass is 9.48. The summed E-state index contributed by atoms with van der Waals surface area (Å²) in [5.41, 5.74) is -4.12. The van der Waals surface area contributed by atoms with Gasteiger partial charge in [-0.25, -0.2) is 0 Å². The Labute approximate surface area is 202 Å². The number of carbonyl (C=O) groups is 3. The van der Waals surface area contributed by atoms with E-state index in [4.69, 9.17) is 0 Å². The first kappa shape index (κ1) is 26.6. The van der Waals surface area contributed by atoms with Crippen molar-refractivity contribution in [2.24, 2.45) is 22.7 Å². The van der Waals surface area contributed by atoms with Crippen LogP contribution in [0.3, 0.4) is 0 Å². The molecule has 0 aliphatic heterocycles. The first-order chi connectivity index (χ1) is 15.5. The quantitative estimate of drug-likeness (QED) is 0.308. The Morgan fingerprint density at radius 1 is 0.941 bits per heavy atom. The van der Waals surface area contributed by atoms with E-state index in [-0.39, 0.29) is 37.2 Å². The Morgan fingerprint density at radius 2 is 1.47 bits per heavy atom. The SMILES string of the molecule is CC(=O)C1=C(O)[C@]2(C[C@H]3[C@@H](CC[C@@]3(C)O)[C@@](C)(O)C2)C(=O)C(CC=C(C)C)(CC=C(C)C)C1=O. The topological polar surface area (TPSA) is 112 Å². The fraction of sp³-hybridized carbons (Fsp3) is 0.679. The third-order valence-electron chi connectivity index (χ3n) is 8.56. The molecule has 0 heterocycles. The number of hydrogen-bond donors (Lipinski definition) is 3. The second-order valence-electron chi connectivity index (χ2n) is 11.9. The van der Waals surface area contributed by atoms with Crippen LogP contribution in [0.4, 0.5) is 0 Å². The Morgan fingerprint density at radius 3 is 1.94 bits per heavy atom. The highest BCUT2D eigenvalue weighted by molar-refractivity contribution is 6.30. The molecule has 0 bridgehead atoms. The lowest BCUT2D eigenvalue weighted by Gasteiger charge is -2.54. The van der Waals surface area contributed by atoms with Gasteiger partial charge in [-0.1, -0.05) is 23.3 Å². The van der Waals surface area contributed by atoms with Crippen LogP contribution < -0.4 is 0 Å². The van der Waals surface area contributed by atoms with Gasteiger partial charge in [0.2, 0.25) is 0 Å². The minimum Gasteiger partial charge on any atom is -0.510 e. The zero-order chi connectivity index (χ0) is 25.9. The number of fused-ring (bicyclic) bond motifs is 1. The van der Waals surface area contributed by atoms with Crippen molar-refractivity contribution in [2.45, 2.75) is 98.2 Å². The van der Waals surface area contributed by atoms with E-state index in [9.17, 15) is 29.7 Å². The maximum atomic E-state index is 14.5. The van der Waals surface area contributed by atoms with Crippen molar-refractivity contribution in [3.05, 3.63) is 34.6 Å². The minimum absolute atomic E-state index is 0.0859. The van der Waals surface area contributed by atoms with Crippen LogP contribution in [0.15, 0.2) is 34.6 Å². The molecule has 3 aliphatic rings. The highest BCUT2D eigenvalue weighted by atomic mass is 16.3. The number of aliphatic hydroxyl groups is 3. The predicted octanol–water partition coefficient (Wildman–Crippen LogP) is 4.55. The fourth-order valence-electron chi connectivity index (χ4n) is 6.71. The summed E-state index contributed by atoms with van der Waals surface area (Å²) >= 11 is 0. The minimum atomic E-state index is -1.61. The number of aliphatic hydroxyl groups excluding tert-OH is 1. The summed E-state index contributed by atoms with van der Waals surface area (Å²) in [5, 5.41) is 34.1. The summed E-state index contributed by atoms with van der Waals surface area (Å²) in [7, 11) is 0. The van der Waals surface area contributed by atoms with Crippen LogP contribution in [0.5, 0.6) is 0 Å². The molecule has 34 heavy (non-hydrogen) atoms. The third-order valence-corrected chi connectivity index (χ3v) is 8.56. The standard InChI is InChI=1S/C28H40O6/c1-16(2)8-12-27(13-9-17(3)4)22(30)21(18(5)29)23(31)28(24(27)32)14-20-19(26(7,34)15-28)10-11-25(20,6)33/h8-9,19-20,31,33-34H,10-15H2,1-7H3/t19-,20+,25-,26+,28-/m1/s1. The van der Waals surface area contributed by atoms with Gasteiger partial charge in [-0.05, 0) is 98.8 Å². The van der Waals surface area contributed by atoms with Crippen molar-refractivity contribution in [2.75, 3.05) is 0 Å². The van der Waals surface area contributed by atoms with Gasteiger partial charge in [0.05, 0.1) is 22.2 Å². The molecule has 2 fully saturated rings. The Balaban J connectivity index is 2.33. The van der Waals surface area contributed by atoms with Crippen LogP contribution in [0.25, 0.3) is 0 Å². The van der Waals surface area contributed by atoms with Gasteiger partial charge in [-0.2, -0.15) is 0 Å². The summed E-state index contributed by atoms with van der Waals surface area (Å²) in [6, 6.07) is 0. The average molecular weight is 473 g/mol. The maximum absolute atomic E-state index is 14.5. The molecule has 6 heteroatoms. The molecule has 0 aromatic carbocycles. The lowest BCUT2D eigenvalue weighted by molar-refractivity contribution is -0.168. The van der Waals surface area contributed by atoms with Gasteiger partial charge in [-0.15, -0.1) is 0 Å². The number of allylic oxidation sites excluding steroid dienone is 6. The van der Waals surface area contributed by atoms with Gasteiger partial charge in [0, 0.05) is 0 Å². The molecule has 0 aromatic heterocycles. The van der Waals surface area contributed by atoms with Gasteiger partial charge < -0.3 is 15.3 Å². The molecule has 3 N–H and O–H groups in total. The van der Waals surface area contributed by atoms with Gasteiger partial charge in [-0.3, -0.25) is 14.4 Å². The number of hydrogen-bond acceptors (Lipinski definition) is 6. The Bertz CT molecular complexity index is 980. The zero-order valence-corrected chi connectivity index (χ0v) is 21.6. The number of rotatable bonds is 5. The third kappa shape index (κ3) is 4.03. The van der Waals surface area contributed by atoms with Crippen LogP contribution in [-0.4, -0.2) is 43.9 Å². The van der Waals surface area contributed by atoms with Crippen molar-refractivity contribution in [1.29, 1.82) is 0 Å². The number of ketones is 3. The summed E-state index contributed by atoms with van der Waals surface area (Å²) in [6.07, 6.45) is 4.98. The van der Waals surface area contributed by atoms with Gasteiger partial charge in [0.25, 0.3) is 0 Å². The Hall–Kier alpha value is -2.05. The number of Topliss-reactive ketones (excluding diaryl/α,β-unsaturated/α-hetero) is 3. The van der Waals surface area contributed by atoms with Crippen LogP contribution in [-0.2, 0) is 14.4 Å². The van der Waals surface area contributed by atoms with E-state index in [0.717, 1.165) is 11.1 Å². The highest BCUT2D eigenvalue weighted by Gasteiger charge is 2.68. The first-order valence-electron chi connectivity index (χ1n) is 12.3. The fourth-order valence-corrected chi connectivity index (χ4v) is 6.71. The maximum Gasteiger partial charge on any atom is 0.184 e. The summed E-state index contributed by atoms with van der Waals surface area (Å²) < 4.78 is 0. The molecule has 0 amide bonds. The number of carbonyl (C=O) groups excluding carboxylic acids is 3. The summed E-state index contributed by atoms with van der Waals surface area (Å²) in [6.45, 7) is 12.1. The van der Waals surface area contributed by atoms with E-state index < -0.39 is 51.1 Å². The molecule has 188 valence electrons. The van der Waals surface area contributed by atoms with E-state index in [1.165, 1.54) is 6.92 Å². The van der Waals surface area contributed by atoms with E-state index >= 15 is 0 Å². The van der Waals surface area contributed by atoms with Crippen LogP contribution in [0, 0.1) is 22.7 Å². The molecule has 0 saturated heterocycles. The molecular formula is C28H40O6. The molecule has 1 spiro atoms. The molecule has 3 aliphatic carbocycles. The van der Waals surface area contributed by atoms with Crippen molar-refractivity contribution in [3.8, 4) is 0 Å². The van der Waals surface area contributed by atoms with Gasteiger partial charge in [0.15, 0.2) is 17.3 Å². The van der Waals surface area contributed by atoms with E-state index in [1.54, 1.807) is 13.8 Å². The molecule has 3 rings (SSSR count).